The van der Waals surface area contributed by atoms with Crippen LogP contribution in [0.15, 0.2) is 52.7 Å². The van der Waals surface area contributed by atoms with Gasteiger partial charge < -0.3 is 10.4 Å². The van der Waals surface area contributed by atoms with E-state index in [1.54, 1.807) is 18.2 Å². The summed E-state index contributed by atoms with van der Waals surface area (Å²) < 4.78 is 0.975. The maximum Gasteiger partial charge on any atom is 0.276 e. The molecule has 6 heteroatoms. The maximum absolute atomic E-state index is 11.8. The monoisotopic (exact) mass is 391 g/mol. The normalized spacial score (nSPS) is 15.5. The second-order valence-electron chi connectivity index (χ2n) is 4.40. The van der Waals surface area contributed by atoms with Gasteiger partial charge in [0.2, 0.25) is 0 Å². The van der Waals surface area contributed by atoms with Crippen LogP contribution in [0.2, 0.25) is 0 Å². The number of benzene rings is 2. The molecular weight excluding hydrogens is 381 g/mol. The van der Waals surface area contributed by atoms with E-state index >= 15 is 0 Å². The van der Waals surface area contributed by atoms with E-state index in [0.29, 0.717) is 5.56 Å². The van der Waals surface area contributed by atoms with E-state index < -0.39 is 0 Å². The number of fused-ring (bicyclic) bond motifs is 1. The Hall–Kier alpha value is -2.22. The van der Waals surface area contributed by atoms with Gasteiger partial charge in [0, 0.05) is 14.7 Å². The smallest absolute Gasteiger partial charge is 0.276 e. The number of aromatic hydroxyl groups is 1. The molecule has 1 aliphatic heterocycles. The lowest BCUT2D eigenvalue weighted by molar-refractivity contribution is -0.110. The van der Waals surface area contributed by atoms with Gasteiger partial charge in [-0.15, -0.1) is 5.10 Å². The lowest BCUT2D eigenvalue weighted by atomic mass is 10.1. The number of carbonyl (C=O) groups is 1. The first kappa shape index (κ1) is 13.7. The summed E-state index contributed by atoms with van der Waals surface area (Å²) in [6, 6.07) is 12.5. The minimum atomic E-state index is -0.278. The Kier molecular flexibility index (Phi) is 3.70. The summed E-state index contributed by atoms with van der Waals surface area (Å²) in [5, 5.41) is 20.3. The number of amides is 1. The molecule has 2 aromatic rings. The van der Waals surface area contributed by atoms with Crippen molar-refractivity contribution in [1.29, 1.82) is 0 Å². The van der Waals surface area contributed by atoms with Crippen molar-refractivity contribution < 1.29 is 9.90 Å². The summed E-state index contributed by atoms with van der Waals surface area (Å²) in [6.07, 6.45) is 1.43. The quantitative estimate of drug-likeness (QED) is 0.470. The van der Waals surface area contributed by atoms with Gasteiger partial charge in [0.15, 0.2) is 5.71 Å². The number of anilines is 1. The first-order valence-electron chi connectivity index (χ1n) is 6.15. The SMILES string of the molecule is O=C1Nc2ccccc2/C1=N/N=Cc1cc(I)ccc1O. The Morgan fingerprint density at radius 3 is 2.86 bits per heavy atom. The number of para-hydroxylation sites is 1. The minimum absolute atomic E-state index is 0.121. The van der Waals surface area contributed by atoms with Crippen molar-refractivity contribution in [3.63, 3.8) is 0 Å². The lowest BCUT2D eigenvalue weighted by Gasteiger charge is -1.98. The van der Waals surface area contributed by atoms with Crippen molar-refractivity contribution in [2.24, 2.45) is 10.2 Å². The van der Waals surface area contributed by atoms with Crippen LogP contribution in [-0.2, 0) is 4.79 Å². The molecule has 1 aliphatic rings. The van der Waals surface area contributed by atoms with Crippen LogP contribution in [0.5, 0.6) is 5.75 Å². The number of hydrogen-bond acceptors (Lipinski definition) is 4. The van der Waals surface area contributed by atoms with E-state index in [1.807, 2.05) is 24.3 Å². The van der Waals surface area contributed by atoms with Crippen molar-refractivity contribution >= 4 is 46.1 Å². The third kappa shape index (κ3) is 2.80. The third-order valence-corrected chi connectivity index (χ3v) is 3.66. The van der Waals surface area contributed by atoms with Gasteiger partial charge in [-0.25, -0.2) is 0 Å². The van der Waals surface area contributed by atoms with Gasteiger partial charge in [-0.2, -0.15) is 5.10 Å². The van der Waals surface area contributed by atoms with Crippen molar-refractivity contribution in [2.45, 2.75) is 0 Å². The Bertz CT molecular complexity index is 784. The highest BCUT2D eigenvalue weighted by molar-refractivity contribution is 14.1. The second kappa shape index (κ2) is 5.65. The number of phenols is 1. The van der Waals surface area contributed by atoms with Gasteiger partial charge in [0.25, 0.3) is 5.91 Å². The molecular formula is C15H10IN3O2. The fourth-order valence-electron chi connectivity index (χ4n) is 1.98. The Morgan fingerprint density at radius 2 is 2.00 bits per heavy atom. The van der Waals surface area contributed by atoms with E-state index in [2.05, 4.69) is 38.1 Å². The predicted octanol–water partition coefficient (Wildman–Crippen LogP) is 2.77. The number of nitrogens with zero attached hydrogens (tertiary/aromatic N) is 2. The van der Waals surface area contributed by atoms with Crippen LogP contribution < -0.4 is 5.32 Å². The van der Waals surface area contributed by atoms with E-state index in [1.165, 1.54) is 6.21 Å². The highest BCUT2D eigenvalue weighted by atomic mass is 127. The standard InChI is InChI=1S/C15H10IN3O2/c16-10-5-6-13(20)9(7-10)8-17-19-14-11-3-1-2-4-12(11)18-15(14)21/h1-8,20H,(H,18,19,21). The maximum atomic E-state index is 11.8. The molecule has 0 saturated carbocycles. The predicted molar refractivity (Wildman–Crippen MR) is 90.0 cm³/mol. The lowest BCUT2D eigenvalue weighted by Crippen LogP contribution is -2.13. The molecule has 104 valence electrons. The van der Waals surface area contributed by atoms with Gasteiger partial charge in [-0.3, -0.25) is 4.79 Å². The van der Waals surface area contributed by atoms with Crippen molar-refractivity contribution in [1.82, 2.24) is 0 Å². The number of halogens is 1. The van der Waals surface area contributed by atoms with E-state index in [-0.39, 0.29) is 17.4 Å². The number of nitrogens with one attached hydrogen (secondary N) is 1. The zero-order valence-corrected chi connectivity index (χ0v) is 12.9. The van der Waals surface area contributed by atoms with Gasteiger partial charge >= 0.3 is 0 Å². The van der Waals surface area contributed by atoms with E-state index in [9.17, 15) is 9.90 Å². The molecule has 5 nitrogen and oxygen atoms in total. The number of phenolic OH excluding ortho intramolecular Hbond substituents is 1. The molecule has 3 rings (SSSR count). The van der Waals surface area contributed by atoms with Crippen LogP contribution in [-0.4, -0.2) is 22.9 Å². The molecule has 1 heterocycles. The molecule has 0 aromatic heterocycles. The van der Waals surface area contributed by atoms with Crippen LogP contribution in [0.1, 0.15) is 11.1 Å². The van der Waals surface area contributed by atoms with Crippen molar-refractivity contribution in [2.75, 3.05) is 5.32 Å². The molecule has 0 radical (unpaired) electrons. The van der Waals surface area contributed by atoms with Gasteiger partial charge in [-0.1, -0.05) is 18.2 Å². The summed E-state index contributed by atoms with van der Waals surface area (Å²) in [6.45, 7) is 0. The first-order valence-corrected chi connectivity index (χ1v) is 7.23. The van der Waals surface area contributed by atoms with Crippen LogP contribution in [0.4, 0.5) is 5.69 Å². The fourth-order valence-corrected chi connectivity index (χ4v) is 2.49. The molecule has 0 spiro atoms. The van der Waals surface area contributed by atoms with Crippen LogP contribution in [0.3, 0.4) is 0 Å². The average Bonchev–Trinajstić information content (AvgIpc) is 2.79. The molecule has 2 N–H and O–H groups in total. The van der Waals surface area contributed by atoms with Crippen molar-refractivity contribution in [3.05, 3.63) is 57.2 Å². The molecule has 2 aromatic carbocycles. The third-order valence-electron chi connectivity index (χ3n) is 2.99. The van der Waals surface area contributed by atoms with Gasteiger partial charge in [0.05, 0.1) is 11.9 Å². The second-order valence-corrected chi connectivity index (χ2v) is 5.64. The molecule has 0 fully saturated rings. The van der Waals surface area contributed by atoms with Gasteiger partial charge in [0.1, 0.15) is 5.75 Å². The van der Waals surface area contributed by atoms with Crippen molar-refractivity contribution in [3.8, 4) is 5.75 Å². The van der Waals surface area contributed by atoms with Crippen LogP contribution in [0.25, 0.3) is 0 Å². The minimum Gasteiger partial charge on any atom is -0.507 e. The highest BCUT2D eigenvalue weighted by Crippen LogP contribution is 2.23. The number of carbonyl (C=O) groups excluding carboxylic acids is 1. The highest BCUT2D eigenvalue weighted by Gasteiger charge is 2.25. The fraction of sp³-hybridized carbons (Fsp3) is 0. The first-order chi connectivity index (χ1) is 10.1. The molecule has 1 amide bonds. The summed E-state index contributed by atoms with van der Waals surface area (Å²) in [5.74, 6) is -0.157. The van der Waals surface area contributed by atoms with E-state index in [4.69, 9.17) is 0 Å². The number of rotatable bonds is 2. The Labute approximate surface area is 134 Å². The topological polar surface area (TPSA) is 74.0 Å². The van der Waals surface area contributed by atoms with Crippen LogP contribution >= 0.6 is 22.6 Å². The zero-order valence-electron chi connectivity index (χ0n) is 10.7. The molecule has 0 saturated heterocycles. The molecule has 0 atom stereocenters. The largest absolute Gasteiger partial charge is 0.507 e. The molecule has 0 unspecified atom stereocenters. The van der Waals surface area contributed by atoms with Gasteiger partial charge in [-0.05, 0) is 46.9 Å². The summed E-state index contributed by atoms with van der Waals surface area (Å²) in [7, 11) is 0. The van der Waals surface area contributed by atoms with E-state index in [0.717, 1.165) is 14.8 Å². The number of hydrogen-bond donors (Lipinski definition) is 2. The Morgan fingerprint density at radius 1 is 1.19 bits per heavy atom. The summed E-state index contributed by atoms with van der Waals surface area (Å²) >= 11 is 2.14. The summed E-state index contributed by atoms with van der Waals surface area (Å²) in [5.41, 5.74) is 2.28. The average molecular weight is 391 g/mol. The zero-order chi connectivity index (χ0) is 14.8. The molecule has 0 aliphatic carbocycles. The van der Waals surface area contributed by atoms with Crippen LogP contribution in [0, 0.1) is 3.57 Å². The molecule has 0 bridgehead atoms. The molecule has 21 heavy (non-hydrogen) atoms. The Balaban J connectivity index is 1.91. The summed E-state index contributed by atoms with van der Waals surface area (Å²) in [4.78, 5) is 11.8.